The predicted octanol–water partition coefficient (Wildman–Crippen LogP) is 2.65. The van der Waals surface area contributed by atoms with Gasteiger partial charge in [0.1, 0.15) is 0 Å². The standard InChI is InChI=1S/C15H18N2O2/c1-10(11-6-7-11)15(18)17-9-8-13(16-19)12-4-2-3-5-14(12)17/h2-5,10-11,19H,6-9H2,1H3/b16-13-. The van der Waals surface area contributed by atoms with Crippen molar-refractivity contribution < 1.29 is 10.0 Å². The van der Waals surface area contributed by atoms with E-state index >= 15 is 0 Å². The summed E-state index contributed by atoms with van der Waals surface area (Å²) in [4.78, 5) is 14.4. The molecule has 2 aliphatic rings. The van der Waals surface area contributed by atoms with E-state index in [-0.39, 0.29) is 11.8 Å². The molecule has 1 atom stereocenters. The fraction of sp³-hybridized carbons (Fsp3) is 0.467. The van der Waals surface area contributed by atoms with Gasteiger partial charge in [-0.3, -0.25) is 4.79 Å². The lowest BCUT2D eigenvalue weighted by molar-refractivity contribution is -0.122. The Kier molecular flexibility index (Phi) is 3.01. The number of hydrogen-bond acceptors (Lipinski definition) is 3. The molecule has 0 bridgehead atoms. The lowest BCUT2D eigenvalue weighted by Gasteiger charge is -2.31. The van der Waals surface area contributed by atoms with Crippen LogP contribution in [0.5, 0.6) is 0 Å². The van der Waals surface area contributed by atoms with Crippen LogP contribution in [0, 0.1) is 11.8 Å². The van der Waals surface area contributed by atoms with Crippen molar-refractivity contribution in [2.45, 2.75) is 26.2 Å². The number of rotatable bonds is 2. The van der Waals surface area contributed by atoms with Crippen molar-refractivity contribution in [1.82, 2.24) is 0 Å². The van der Waals surface area contributed by atoms with Gasteiger partial charge in [-0.05, 0) is 24.8 Å². The normalized spacial score (nSPS) is 22.2. The molecule has 1 aliphatic heterocycles. The highest BCUT2D eigenvalue weighted by Gasteiger charge is 2.37. The number of carbonyl (C=O) groups is 1. The summed E-state index contributed by atoms with van der Waals surface area (Å²) in [6.07, 6.45) is 2.95. The third-order valence-corrected chi connectivity index (χ3v) is 4.18. The summed E-state index contributed by atoms with van der Waals surface area (Å²) in [5, 5.41) is 12.4. The van der Waals surface area contributed by atoms with Crippen LogP contribution >= 0.6 is 0 Å². The number of para-hydroxylation sites is 1. The van der Waals surface area contributed by atoms with Gasteiger partial charge in [-0.25, -0.2) is 0 Å². The molecule has 0 radical (unpaired) electrons. The average molecular weight is 258 g/mol. The SMILES string of the molecule is CC(C(=O)N1CC/C(=N/O)c2ccccc21)C1CC1. The third-order valence-electron chi connectivity index (χ3n) is 4.18. The Morgan fingerprint density at radius 3 is 2.84 bits per heavy atom. The number of benzene rings is 1. The number of oxime groups is 1. The quantitative estimate of drug-likeness (QED) is 0.655. The Bertz CT molecular complexity index is 535. The molecular formula is C15H18N2O2. The van der Waals surface area contributed by atoms with E-state index in [0.29, 0.717) is 24.6 Å². The maximum atomic E-state index is 12.6. The molecule has 4 nitrogen and oxygen atoms in total. The number of nitrogens with zero attached hydrogens (tertiary/aromatic N) is 2. The molecule has 0 spiro atoms. The average Bonchev–Trinajstić information content (AvgIpc) is 3.29. The molecule has 1 unspecified atom stereocenters. The number of hydrogen-bond donors (Lipinski definition) is 1. The number of carbonyl (C=O) groups excluding carboxylic acids is 1. The Labute approximate surface area is 112 Å². The van der Waals surface area contributed by atoms with E-state index in [1.165, 1.54) is 12.8 Å². The lowest BCUT2D eigenvalue weighted by Crippen LogP contribution is -2.41. The van der Waals surface area contributed by atoms with Crippen molar-refractivity contribution in [2.75, 3.05) is 11.4 Å². The first-order valence-electron chi connectivity index (χ1n) is 6.84. The largest absolute Gasteiger partial charge is 0.411 e. The monoisotopic (exact) mass is 258 g/mol. The number of anilines is 1. The van der Waals surface area contributed by atoms with Crippen LogP contribution in [0.3, 0.4) is 0 Å². The molecule has 0 saturated heterocycles. The summed E-state index contributed by atoms with van der Waals surface area (Å²) < 4.78 is 0. The highest BCUT2D eigenvalue weighted by molar-refractivity contribution is 6.11. The van der Waals surface area contributed by atoms with E-state index in [2.05, 4.69) is 5.16 Å². The lowest BCUT2D eigenvalue weighted by atomic mass is 9.97. The van der Waals surface area contributed by atoms with Crippen LogP contribution < -0.4 is 4.90 Å². The smallest absolute Gasteiger partial charge is 0.230 e. The van der Waals surface area contributed by atoms with Crippen molar-refractivity contribution in [3.8, 4) is 0 Å². The molecule has 1 saturated carbocycles. The van der Waals surface area contributed by atoms with E-state index in [0.717, 1.165) is 11.3 Å². The summed E-state index contributed by atoms with van der Waals surface area (Å²) in [5.41, 5.74) is 2.41. The topological polar surface area (TPSA) is 52.9 Å². The molecule has 3 rings (SSSR count). The Hall–Kier alpha value is -1.84. The molecule has 1 aromatic carbocycles. The summed E-state index contributed by atoms with van der Waals surface area (Å²) in [6, 6.07) is 7.66. The molecule has 1 N–H and O–H groups in total. The van der Waals surface area contributed by atoms with Crippen molar-refractivity contribution in [1.29, 1.82) is 0 Å². The van der Waals surface area contributed by atoms with E-state index < -0.39 is 0 Å². The van der Waals surface area contributed by atoms with Crippen LogP contribution in [0.1, 0.15) is 31.7 Å². The molecule has 1 amide bonds. The second kappa shape index (κ2) is 4.68. The molecule has 19 heavy (non-hydrogen) atoms. The number of fused-ring (bicyclic) bond motifs is 1. The van der Waals surface area contributed by atoms with E-state index in [4.69, 9.17) is 5.21 Å². The van der Waals surface area contributed by atoms with Gasteiger partial charge in [0, 0.05) is 24.4 Å². The van der Waals surface area contributed by atoms with Crippen LogP contribution in [0.25, 0.3) is 0 Å². The Morgan fingerprint density at radius 1 is 1.42 bits per heavy atom. The third kappa shape index (κ3) is 2.11. The maximum Gasteiger partial charge on any atom is 0.230 e. The fourth-order valence-electron chi connectivity index (χ4n) is 2.80. The van der Waals surface area contributed by atoms with Gasteiger partial charge in [-0.1, -0.05) is 30.3 Å². The minimum atomic E-state index is 0.0978. The van der Waals surface area contributed by atoms with Crippen molar-refractivity contribution in [3.05, 3.63) is 29.8 Å². The first kappa shape index (κ1) is 12.2. The predicted molar refractivity (Wildman–Crippen MR) is 73.6 cm³/mol. The van der Waals surface area contributed by atoms with Crippen molar-refractivity contribution in [2.24, 2.45) is 17.0 Å². The van der Waals surface area contributed by atoms with Gasteiger partial charge in [0.25, 0.3) is 0 Å². The van der Waals surface area contributed by atoms with Crippen molar-refractivity contribution in [3.63, 3.8) is 0 Å². The summed E-state index contributed by atoms with van der Waals surface area (Å²) >= 11 is 0. The minimum absolute atomic E-state index is 0.0978. The molecule has 1 fully saturated rings. The summed E-state index contributed by atoms with van der Waals surface area (Å²) in [5.74, 6) is 0.861. The van der Waals surface area contributed by atoms with Gasteiger partial charge in [-0.15, -0.1) is 0 Å². The van der Waals surface area contributed by atoms with Gasteiger partial charge in [0.15, 0.2) is 0 Å². The van der Waals surface area contributed by atoms with Gasteiger partial charge < -0.3 is 10.1 Å². The zero-order chi connectivity index (χ0) is 13.4. The van der Waals surface area contributed by atoms with Crippen LogP contribution in [0.15, 0.2) is 29.4 Å². The second-order valence-corrected chi connectivity index (χ2v) is 5.43. The fourth-order valence-corrected chi connectivity index (χ4v) is 2.80. The first-order chi connectivity index (χ1) is 9.22. The molecule has 1 aromatic rings. The van der Waals surface area contributed by atoms with Gasteiger partial charge >= 0.3 is 0 Å². The van der Waals surface area contributed by atoms with E-state index in [1.807, 2.05) is 36.1 Å². The van der Waals surface area contributed by atoms with Gasteiger partial charge in [0.05, 0.1) is 11.4 Å². The van der Waals surface area contributed by atoms with Crippen LogP contribution in [0.2, 0.25) is 0 Å². The van der Waals surface area contributed by atoms with Crippen LogP contribution in [-0.2, 0) is 4.79 Å². The zero-order valence-corrected chi connectivity index (χ0v) is 11.0. The van der Waals surface area contributed by atoms with Gasteiger partial charge in [-0.2, -0.15) is 0 Å². The molecule has 0 aromatic heterocycles. The highest BCUT2D eigenvalue weighted by atomic mass is 16.4. The van der Waals surface area contributed by atoms with Gasteiger partial charge in [0.2, 0.25) is 5.91 Å². The Balaban J connectivity index is 1.93. The number of amides is 1. The first-order valence-corrected chi connectivity index (χ1v) is 6.84. The van der Waals surface area contributed by atoms with E-state index in [1.54, 1.807) is 0 Å². The van der Waals surface area contributed by atoms with Crippen molar-refractivity contribution >= 4 is 17.3 Å². The second-order valence-electron chi connectivity index (χ2n) is 5.43. The Morgan fingerprint density at radius 2 is 2.16 bits per heavy atom. The highest BCUT2D eigenvalue weighted by Crippen LogP contribution is 2.39. The van der Waals surface area contributed by atoms with E-state index in [9.17, 15) is 4.79 Å². The minimum Gasteiger partial charge on any atom is -0.411 e. The molecule has 100 valence electrons. The molecular weight excluding hydrogens is 240 g/mol. The van der Waals surface area contributed by atoms with Crippen LogP contribution in [0.4, 0.5) is 5.69 Å². The zero-order valence-electron chi connectivity index (χ0n) is 11.0. The maximum absolute atomic E-state index is 12.6. The molecule has 1 aliphatic carbocycles. The molecule has 1 heterocycles. The molecule has 4 heteroatoms. The summed E-state index contributed by atoms with van der Waals surface area (Å²) in [7, 11) is 0. The summed E-state index contributed by atoms with van der Waals surface area (Å²) in [6.45, 7) is 2.63. The van der Waals surface area contributed by atoms with Crippen LogP contribution in [-0.4, -0.2) is 23.4 Å².